The molecule has 1 aromatic rings. The zero-order valence-electron chi connectivity index (χ0n) is 5.52. The van der Waals surface area contributed by atoms with Gasteiger partial charge in [-0.2, -0.15) is 0 Å². The van der Waals surface area contributed by atoms with E-state index in [1.807, 2.05) is 0 Å². The van der Waals surface area contributed by atoms with Crippen molar-refractivity contribution in [3.63, 3.8) is 0 Å². The van der Waals surface area contributed by atoms with Crippen LogP contribution >= 0.6 is 11.6 Å². The van der Waals surface area contributed by atoms with Crippen LogP contribution in [0.25, 0.3) is 0 Å². The summed E-state index contributed by atoms with van der Waals surface area (Å²) < 4.78 is 0. The zero-order chi connectivity index (χ0) is 7.56. The molecule has 0 radical (unpaired) electrons. The SMILES string of the molecule is Cc1cnc(CCl)[nH]c1=O. The Labute approximate surface area is 63.1 Å². The van der Waals surface area contributed by atoms with Gasteiger partial charge in [0, 0.05) is 11.8 Å². The lowest BCUT2D eigenvalue weighted by Gasteiger charge is -1.93. The first-order valence-corrected chi connectivity index (χ1v) is 3.38. The summed E-state index contributed by atoms with van der Waals surface area (Å²) in [6.07, 6.45) is 1.51. The van der Waals surface area contributed by atoms with Crippen molar-refractivity contribution in [2.45, 2.75) is 12.8 Å². The van der Waals surface area contributed by atoms with E-state index in [1.54, 1.807) is 6.92 Å². The van der Waals surface area contributed by atoms with E-state index in [0.29, 0.717) is 11.4 Å². The molecule has 0 aliphatic carbocycles. The molecular weight excluding hydrogens is 152 g/mol. The van der Waals surface area contributed by atoms with E-state index in [4.69, 9.17) is 11.6 Å². The highest BCUT2D eigenvalue weighted by atomic mass is 35.5. The Bertz CT molecular complexity index is 281. The third-order valence-corrected chi connectivity index (χ3v) is 1.41. The smallest absolute Gasteiger partial charge is 0.253 e. The Kier molecular flexibility index (Phi) is 2.06. The van der Waals surface area contributed by atoms with Crippen LogP contribution < -0.4 is 5.56 Å². The summed E-state index contributed by atoms with van der Waals surface area (Å²) in [5.41, 5.74) is 0.486. The van der Waals surface area contributed by atoms with E-state index in [2.05, 4.69) is 9.97 Å². The minimum atomic E-state index is -0.120. The van der Waals surface area contributed by atoms with Crippen LogP contribution in [0.1, 0.15) is 11.4 Å². The molecule has 1 aromatic heterocycles. The van der Waals surface area contributed by atoms with Crippen molar-refractivity contribution in [1.29, 1.82) is 0 Å². The van der Waals surface area contributed by atoms with Crippen molar-refractivity contribution < 1.29 is 0 Å². The van der Waals surface area contributed by atoms with Gasteiger partial charge in [0.1, 0.15) is 5.82 Å². The molecular formula is C6H7ClN2O. The maximum Gasteiger partial charge on any atom is 0.253 e. The molecule has 0 fully saturated rings. The molecule has 0 amide bonds. The van der Waals surface area contributed by atoms with Crippen LogP contribution in [-0.4, -0.2) is 9.97 Å². The summed E-state index contributed by atoms with van der Waals surface area (Å²) >= 11 is 5.42. The molecule has 1 rings (SSSR count). The molecule has 0 aliphatic rings. The van der Waals surface area contributed by atoms with Crippen molar-refractivity contribution in [1.82, 2.24) is 9.97 Å². The number of nitrogens with one attached hydrogen (secondary N) is 1. The molecule has 0 unspecified atom stereocenters. The standard InChI is InChI=1S/C6H7ClN2O/c1-4-3-8-5(2-7)9-6(4)10/h3H,2H2,1H3,(H,8,9,10). The van der Waals surface area contributed by atoms with Gasteiger partial charge in [-0.3, -0.25) is 4.79 Å². The van der Waals surface area contributed by atoms with Gasteiger partial charge in [-0.25, -0.2) is 4.98 Å². The van der Waals surface area contributed by atoms with Crippen molar-refractivity contribution >= 4 is 11.6 Å². The average molecular weight is 159 g/mol. The molecule has 0 spiro atoms. The predicted molar refractivity (Wildman–Crippen MR) is 39.2 cm³/mol. The van der Waals surface area contributed by atoms with Gasteiger partial charge in [0.25, 0.3) is 5.56 Å². The molecule has 3 nitrogen and oxygen atoms in total. The van der Waals surface area contributed by atoms with Gasteiger partial charge in [-0.1, -0.05) is 0 Å². The maximum atomic E-state index is 10.8. The fourth-order valence-corrected chi connectivity index (χ4v) is 0.699. The Morgan fingerprint density at radius 1 is 1.80 bits per heavy atom. The van der Waals surface area contributed by atoms with Crippen molar-refractivity contribution in [3.8, 4) is 0 Å². The predicted octanol–water partition coefficient (Wildman–Crippen LogP) is 0.817. The summed E-state index contributed by atoms with van der Waals surface area (Å²) in [5.74, 6) is 0.757. The first kappa shape index (κ1) is 7.28. The van der Waals surface area contributed by atoms with E-state index in [0.717, 1.165) is 0 Å². The van der Waals surface area contributed by atoms with Gasteiger partial charge < -0.3 is 4.98 Å². The van der Waals surface area contributed by atoms with Crippen LogP contribution in [-0.2, 0) is 5.88 Å². The Balaban J connectivity index is 3.17. The van der Waals surface area contributed by atoms with Crippen LogP contribution in [0.5, 0.6) is 0 Å². The largest absolute Gasteiger partial charge is 0.309 e. The molecule has 0 aromatic carbocycles. The Morgan fingerprint density at radius 2 is 2.50 bits per heavy atom. The van der Waals surface area contributed by atoms with Gasteiger partial charge in [0.2, 0.25) is 0 Å². The molecule has 0 saturated heterocycles. The number of H-pyrrole nitrogens is 1. The molecule has 1 N–H and O–H groups in total. The number of hydrogen-bond donors (Lipinski definition) is 1. The molecule has 4 heteroatoms. The number of nitrogens with zero attached hydrogens (tertiary/aromatic N) is 1. The van der Waals surface area contributed by atoms with Crippen LogP contribution in [0.4, 0.5) is 0 Å². The van der Waals surface area contributed by atoms with Crippen molar-refractivity contribution in [2.75, 3.05) is 0 Å². The second-order valence-electron chi connectivity index (χ2n) is 1.98. The summed E-state index contributed by atoms with van der Waals surface area (Å²) in [6, 6.07) is 0. The topological polar surface area (TPSA) is 45.8 Å². The minimum Gasteiger partial charge on any atom is -0.309 e. The van der Waals surface area contributed by atoms with Crippen LogP contribution in [0.15, 0.2) is 11.0 Å². The molecule has 1 heterocycles. The number of rotatable bonds is 1. The summed E-state index contributed by atoms with van der Waals surface area (Å²) in [6.45, 7) is 1.70. The molecule has 0 saturated carbocycles. The number of aryl methyl sites for hydroxylation is 1. The normalized spacial score (nSPS) is 9.80. The highest BCUT2D eigenvalue weighted by molar-refractivity contribution is 6.16. The molecule has 0 aliphatic heterocycles. The highest BCUT2D eigenvalue weighted by Crippen LogP contribution is 1.91. The maximum absolute atomic E-state index is 10.8. The second-order valence-corrected chi connectivity index (χ2v) is 2.24. The van der Waals surface area contributed by atoms with Gasteiger partial charge >= 0.3 is 0 Å². The lowest BCUT2D eigenvalue weighted by molar-refractivity contribution is 0.976. The van der Waals surface area contributed by atoms with E-state index < -0.39 is 0 Å². The average Bonchev–Trinajstić information content (AvgIpc) is 1.95. The Hall–Kier alpha value is -0.830. The first-order chi connectivity index (χ1) is 4.74. The number of alkyl halides is 1. The third kappa shape index (κ3) is 1.36. The molecule has 0 bridgehead atoms. The van der Waals surface area contributed by atoms with Crippen molar-refractivity contribution in [2.24, 2.45) is 0 Å². The van der Waals surface area contributed by atoms with Gasteiger partial charge in [-0.15, -0.1) is 11.6 Å². The molecule has 10 heavy (non-hydrogen) atoms. The first-order valence-electron chi connectivity index (χ1n) is 2.85. The number of hydrogen-bond acceptors (Lipinski definition) is 2. The number of aromatic nitrogens is 2. The van der Waals surface area contributed by atoms with E-state index in [-0.39, 0.29) is 11.4 Å². The van der Waals surface area contributed by atoms with Crippen LogP contribution in [0.3, 0.4) is 0 Å². The van der Waals surface area contributed by atoms with Crippen LogP contribution in [0.2, 0.25) is 0 Å². The van der Waals surface area contributed by atoms with Crippen molar-refractivity contribution in [3.05, 3.63) is 27.9 Å². The lowest BCUT2D eigenvalue weighted by Crippen LogP contribution is -2.12. The van der Waals surface area contributed by atoms with Crippen LogP contribution in [0, 0.1) is 6.92 Å². The van der Waals surface area contributed by atoms with E-state index in [9.17, 15) is 4.79 Å². The molecule has 0 atom stereocenters. The Morgan fingerprint density at radius 3 is 3.00 bits per heavy atom. The third-order valence-electron chi connectivity index (χ3n) is 1.16. The van der Waals surface area contributed by atoms with Gasteiger partial charge in [0.15, 0.2) is 0 Å². The lowest BCUT2D eigenvalue weighted by atomic mass is 10.4. The minimum absolute atomic E-state index is 0.120. The van der Waals surface area contributed by atoms with E-state index in [1.165, 1.54) is 6.20 Å². The fraction of sp³-hybridized carbons (Fsp3) is 0.333. The summed E-state index contributed by atoms with van der Waals surface area (Å²) in [5, 5.41) is 0. The number of halogens is 1. The monoisotopic (exact) mass is 158 g/mol. The quantitative estimate of drug-likeness (QED) is 0.615. The fourth-order valence-electron chi connectivity index (χ4n) is 0.563. The second kappa shape index (κ2) is 2.84. The molecule has 54 valence electrons. The number of aromatic amines is 1. The zero-order valence-corrected chi connectivity index (χ0v) is 6.27. The summed E-state index contributed by atoms with van der Waals surface area (Å²) in [7, 11) is 0. The highest BCUT2D eigenvalue weighted by Gasteiger charge is 1.94. The van der Waals surface area contributed by atoms with Gasteiger partial charge in [-0.05, 0) is 6.92 Å². The van der Waals surface area contributed by atoms with Gasteiger partial charge in [0.05, 0.1) is 5.88 Å². The summed E-state index contributed by atoms with van der Waals surface area (Å²) in [4.78, 5) is 17.2. The van der Waals surface area contributed by atoms with E-state index >= 15 is 0 Å².